The highest BCUT2D eigenvalue weighted by Crippen LogP contribution is 2.31. The maximum Gasteiger partial charge on any atom is 0.250 e. The highest BCUT2D eigenvalue weighted by Gasteiger charge is 2.21. The van der Waals surface area contributed by atoms with E-state index in [4.69, 9.17) is 16.0 Å². The number of nitrogens with zero attached hydrogens (tertiary/aromatic N) is 3. The summed E-state index contributed by atoms with van der Waals surface area (Å²) in [6.45, 7) is 3.80. The molecule has 0 aliphatic rings. The number of rotatable bonds is 3. The van der Waals surface area contributed by atoms with Crippen molar-refractivity contribution < 1.29 is 9.21 Å². The van der Waals surface area contributed by atoms with Crippen LogP contribution in [-0.2, 0) is 7.05 Å². The van der Waals surface area contributed by atoms with Crippen LogP contribution in [0.25, 0.3) is 22.9 Å². The smallest absolute Gasteiger partial charge is 0.250 e. The van der Waals surface area contributed by atoms with Gasteiger partial charge in [-0.2, -0.15) is 0 Å². The Hall–Kier alpha value is -2.40. The number of carbonyl (C=O) groups excluding carboxylic acids is 1. The van der Waals surface area contributed by atoms with Gasteiger partial charge in [0.05, 0.1) is 5.56 Å². The van der Waals surface area contributed by atoms with Crippen molar-refractivity contribution in [1.29, 1.82) is 0 Å². The number of aldehydes is 1. The number of hydrogen-bond donors (Lipinski definition) is 0. The van der Waals surface area contributed by atoms with Crippen LogP contribution in [0.2, 0.25) is 5.02 Å². The third-order valence-corrected chi connectivity index (χ3v) is 4.13. The lowest BCUT2D eigenvalue weighted by atomic mass is 10.1. The first-order valence-corrected chi connectivity index (χ1v) is 7.11. The van der Waals surface area contributed by atoms with E-state index in [9.17, 15) is 4.79 Å². The summed E-state index contributed by atoms with van der Waals surface area (Å²) in [5.74, 6) is 0.734. The Bertz CT molecular complexity index is 847. The Morgan fingerprint density at radius 3 is 2.36 bits per heavy atom. The maximum absolute atomic E-state index is 11.4. The number of carbonyl (C=O) groups is 1. The largest absolute Gasteiger partial charge is 0.416 e. The van der Waals surface area contributed by atoms with Crippen LogP contribution in [0.15, 0.2) is 28.7 Å². The maximum atomic E-state index is 11.4. The van der Waals surface area contributed by atoms with Crippen LogP contribution >= 0.6 is 11.6 Å². The summed E-state index contributed by atoms with van der Waals surface area (Å²) in [5.41, 5.74) is 3.81. The second kappa shape index (κ2) is 5.42. The fourth-order valence-electron chi connectivity index (χ4n) is 2.42. The molecule has 0 bridgehead atoms. The third kappa shape index (κ3) is 2.23. The second-order valence-corrected chi connectivity index (χ2v) is 5.49. The molecule has 0 saturated carbocycles. The van der Waals surface area contributed by atoms with Crippen LogP contribution < -0.4 is 0 Å². The van der Waals surface area contributed by atoms with Gasteiger partial charge in [0, 0.05) is 34.6 Å². The molecule has 0 spiro atoms. The molecule has 0 fully saturated rings. The summed E-state index contributed by atoms with van der Waals surface area (Å²) in [6.07, 6.45) is 0.823. The molecule has 1 aromatic carbocycles. The zero-order chi connectivity index (χ0) is 15.9. The number of aromatic nitrogens is 3. The van der Waals surface area contributed by atoms with Gasteiger partial charge in [-0.05, 0) is 38.1 Å². The van der Waals surface area contributed by atoms with E-state index in [1.807, 2.05) is 37.6 Å². The Balaban J connectivity index is 2.10. The quantitative estimate of drug-likeness (QED) is 0.689. The molecule has 0 aliphatic carbocycles. The average molecular weight is 316 g/mol. The minimum atomic E-state index is 0.341. The van der Waals surface area contributed by atoms with Crippen molar-refractivity contribution in [3.63, 3.8) is 0 Å². The van der Waals surface area contributed by atoms with Gasteiger partial charge >= 0.3 is 0 Å². The molecule has 0 amide bonds. The Morgan fingerprint density at radius 2 is 1.73 bits per heavy atom. The van der Waals surface area contributed by atoms with E-state index in [2.05, 4.69) is 10.2 Å². The van der Waals surface area contributed by atoms with Crippen LogP contribution in [0.1, 0.15) is 21.7 Å². The zero-order valence-corrected chi connectivity index (χ0v) is 13.2. The van der Waals surface area contributed by atoms with E-state index in [1.165, 1.54) is 0 Å². The first-order valence-electron chi connectivity index (χ1n) is 6.73. The van der Waals surface area contributed by atoms with Crippen molar-refractivity contribution in [3.05, 3.63) is 46.2 Å². The molecule has 22 heavy (non-hydrogen) atoms. The van der Waals surface area contributed by atoms with Crippen molar-refractivity contribution in [2.45, 2.75) is 13.8 Å². The molecule has 0 saturated heterocycles. The summed E-state index contributed by atoms with van der Waals surface area (Å²) in [4.78, 5) is 11.4. The van der Waals surface area contributed by atoms with Gasteiger partial charge in [-0.25, -0.2) is 0 Å². The predicted octanol–water partition coefficient (Wildman–Crippen LogP) is 3.82. The van der Waals surface area contributed by atoms with Crippen molar-refractivity contribution in [2.75, 3.05) is 0 Å². The Morgan fingerprint density at radius 1 is 1.09 bits per heavy atom. The molecule has 112 valence electrons. The fourth-order valence-corrected chi connectivity index (χ4v) is 2.55. The van der Waals surface area contributed by atoms with E-state index in [0.29, 0.717) is 27.9 Å². The summed E-state index contributed by atoms with van der Waals surface area (Å²) in [7, 11) is 1.90. The number of benzene rings is 1. The van der Waals surface area contributed by atoms with E-state index in [-0.39, 0.29) is 0 Å². The Labute approximate surface area is 132 Å². The third-order valence-electron chi connectivity index (χ3n) is 3.88. The summed E-state index contributed by atoms with van der Waals surface area (Å²) in [5, 5.41) is 8.79. The molecule has 5 nitrogen and oxygen atoms in total. The van der Waals surface area contributed by atoms with Gasteiger partial charge in [-0.1, -0.05) is 11.6 Å². The fraction of sp³-hybridized carbons (Fsp3) is 0.188. The summed E-state index contributed by atoms with van der Waals surface area (Å²) >= 11 is 5.87. The lowest BCUT2D eigenvalue weighted by molar-refractivity contribution is 0.112. The molecule has 0 N–H and O–H groups in total. The summed E-state index contributed by atoms with van der Waals surface area (Å²) < 4.78 is 7.69. The number of halogens is 1. The van der Waals surface area contributed by atoms with Crippen molar-refractivity contribution in [1.82, 2.24) is 14.8 Å². The lowest BCUT2D eigenvalue weighted by Gasteiger charge is -1.98. The van der Waals surface area contributed by atoms with Crippen molar-refractivity contribution in [3.8, 4) is 22.9 Å². The van der Waals surface area contributed by atoms with E-state index < -0.39 is 0 Å². The normalized spacial score (nSPS) is 10.9. The molecule has 6 heteroatoms. The minimum absolute atomic E-state index is 0.341. The first kappa shape index (κ1) is 14.5. The zero-order valence-electron chi connectivity index (χ0n) is 12.4. The molecule has 0 radical (unpaired) electrons. The molecule has 0 atom stereocenters. The molecular formula is C16H14ClN3O2. The van der Waals surface area contributed by atoms with Gasteiger partial charge in [0.1, 0.15) is 0 Å². The molecule has 3 aromatic rings. The molecule has 2 aromatic heterocycles. The van der Waals surface area contributed by atoms with E-state index in [0.717, 1.165) is 23.2 Å². The monoisotopic (exact) mass is 315 g/mol. The van der Waals surface area contributed by atoms with Crippen LogP contribution in [0, 0.1) is 13.8 Å². The van der Waals surface area contributed by atoms with Crippen LogP contribution in [0.5, 0.6) is 0 Å². The topological polar surface area (TPSA) is 60.9 Å². The Kier molecular flexibility index (Phi) is 3.58. The first-order chi connectivity index (χ1) is 10.5. The minimum Gasteiger partial charge on any atom is -0.416 e. The number of hydrogen-bond acceptors (Lipinski definition) is 4. The van der Waals surface area contributed by atoms with Crippen molar-refractivity contribution in [2.24, 2.45) is 7.05 Å². The van der Waals surface area contributed by atoms with Crippen molar-refractivity contribution >= 4 is 17.9 Å². The molecular weight excluding hydrogens is 302 g/mol. The predicted molar refractivity (Wildman–Crippen MR) is 84.0 cm³/mol. The average Bonchev–Trinajstić information content (AvgIpc) is 3.07. The lowest BCUT2D eigenvalue weighted by Crippen LogP contribution is -1.93. The molecule has 0 unspecified atom stereocenters. The SMILES string of the molecule is Cc1c(C=O)c(-c2nnc(-c3ccc(Cl)cc3)o2)c(C)n1C. The molecule has 2 heterocycles. The van der Waals surface area contributed by atoms with Gasteiger partial charge in [-0.15, -0.1) is 10.2 Å². The van der Waals surface area contributed by atoms with Crippen LogP contribution in [0.4, 0.5) is 0 Å². The van der Waals surface area contributed by atoms with E-state index in [1.54, 1.807) is 12.1 Å². The van der Waals surface area contributed by atoms with E-state index >= 15 is 0 Å². The second-order valence-electron chi connectivity index (χ2n) is 5.06. The molecule has 0 aliphatic heterocycles. The van der Waals surface area contributed by atoms with Crippen LogP contribution in [-0.4, -0.2) is 21.1 Å². The van der Waals surface area contributed by atoms with Gasteiger partial charge in [0.2, 0.25) is 5.89 Å². The van der Waals surface area contributed by atoms with Gasteiger partial charge < -0.3 is 8.98 Å². The summed E-state index contributed by atoms with van der Waals surface area (Å²) in [6, 6.07) is 7.14. The molecule has 3 rings (SSSR count). The van der Waals surface area contributed by atoms with Gasteiger partial charge in [0.25, 0.3) is 5.89 Å². The highest BCUT2D eigenvalue weighted by atomic mass is 35.5. The van der Waals surface area contributed by atoms with Crippen LogP contribution in [0.3, 0.4) is 0 Å². The van der Waals surface area contributed by atoms with Gasteiger partial charge in [0.15, 0.2) is 6.29 Å². The standard InChI is InChI=1S/C16H14ClN3O2/c1-9-13(8-21)14(10(2)20(9)3)16-19-18-15(22-16)11-4-6-12(17)7-5-11/h4-8H,1-3H3. The highest BCUT2D eigenvalue weighted by molar-refractivity contribution is 6.30. The van der Waals surface area contributed by atoms with Gasteiger partial charge in [-0.3, -0.25) is 4.79 Å².